The Morgan fingerprint density at radius 1 is 1.19 bits per heavy atom. The number of carbonyl (C=O) groups is 1. The standard InChI is InChI=1S/C18H20F3N5O/c1-4-26-13-7-6-12(9-11(13)5-8-16(26)27)22-17-23-14(18(19,20)21)10-15(24-17)25(2)3/h6-7,9-10H,4-5,8H2,1-3H3,(H,22,23,24). The fourth-order valence-electron chi connectivity index (χ4n) is 2.98. The normalized spacial score (nSPS) is 14.1. The van der Waals surface area contributed by atoms with Gasteiger partial charge in [-0.05, 0) is 37.1 Å². The summed E-state index contributed by atoms with van der Waals surface area (Å²) in [7, 11) is 3.23. The highest BCUT2D eigenvalue weighted by Crippen LogP contribution is 2.33. The summed E-state index contributed by atoms with van der Waals surface area (Å²) in [6, 6.07) is 6.23. The molecular formula is C18H20F3N5O. The van der Waals surface area contributed by atoms with E-state index in [2.05, 4.69) is 15.3 Å². The van der Waals surface area contributed by atoms with E-state index in [1.54, 1.807) is 31.1 Å². The molecule has 9 heteroatoms. The molecule has 0 fully saturated rings. The molecule has 1 aliphatic rings. The van der Waals surface area contributed by atoms with Crippen molar-refractivity contribution in [2.24, 2.45) is 0 Å². The number of halogens is 3. The quantitative estimate of drug-likeness (QED) is 0.880. The lowest BCUT2D eigenvalue weighted by Gasteiger charge is -2.28. The minimum atomic E-state index is -4.57. The minimum Gasteiger partial charge on any atom is -0.363 e. The van der Waals surface area contributed by atoms with Crippen molar-refractivity contribution < 1.29 is 18.0 Å². The van der Waals surface area contributed by atoms with Gasteiger partial charge in [0.2, 0.25) is 11.9 Å². The molecule has 0 radical (unpaired) electrons. The monoisotopic (exact) mass is 379 g/mol. The zero-order valence-corrected chi connectivity index (χ0v) is 15.3. The third-order valence-electron chi connectivity index (χ3n) is 4.31. The molecule has 2 heterocycles. The highest BCUT2D eigenvalue weighted by Gasteiger charge is 2.34. The lowest BCUT2D eigenvalue weighted by atomic mass is 10.0. The van der Waals surface area contributed by atoms with Crippen LogP contribution in [0.25, 0.3) is 0 Å². The van der Waals surface area contributed by atoms with Crippen LogP contribution in [0.5, 0.6) is 0 Å². The molecule has 6 nitrogen and oxygen atoms in total. The van der Waals surface area contributed by atoms with E-state index < -0.39 is 11.9 Å². The summed E-state index contributed by atoms with van der Waals surface area (Å²) in [5, 5.41) is 2.85. The molecule has 2 aromatic rings. The van der Waals surface area contributed by atoms with Crippen LogP contribution in [0.1, 0.15) is 24.6 Å². The van der Waals surface area contributed by atoms with E-state index in [9.17, 15) is 18.0 Å². The predicted molar refractivity (Wildman–Crippen MR) is 97.4 cm³/mol. The highest BCUT2D eigenvalue weighted by atomic mass is 19.4. The van der Waals surface area contributed by atoms with E-state index in [0.717, 1.165) is 17.3 Å². The molecule has 0 atom stereocenters. The van der Waals surface area contributed by atoms with E-state index in [1.807, 2.05) is 13.0 Å². The van der Waals surface area contributed by atoms with E-state index in [0.29, 0.717) is 25.1 Å². The number of benzene rings is 1. The van der Waals surface area contributed by atoms with E-state index in [4.69, 9.17) is 0 Å². The number of aromatic nitrogens is 2. The average molecular weight is 379 g/mol. The first-order valence-corrected chi connectivity index (χ1v) is 8.53. The third-order valence-corrected chi connectivity index (χ3v) is 4.31. The van der Waals surface area contributed by atoms with Gasteiger partial charge in [-0.25, -0.2) is 4.98 Å². The van der Waals surface area contributed by atoms with Crippen LogP contribution in [-0.2, 0) is 17.4 Å². The number of fused-ring (bicyclic) bond motifs is 1. The van der Waals surface area contributed by atoms with Gasteiger partial charge in [-0.2, -0.15) is 18.2 Å². The number of rotatable bonds is 4. The maximum atomic E-state index is 13.1. The summed E-state index contributed by atoms with van der Waals surface area (Å²) in [4.78, 5) is 22.9. The van der Waals surface area contributed by atoms with Crippen LogP contribution >= 0.6 is 0 Å². The largest absolute Gasteiger partial charge is 0.433 e. The zero-order chi connectivity index (χ0) is 19.8. The molecule has 0 spiro atoms. The first-order chi connectivity index (χ1) is 12.7. The second-order valence-corrected chi connectivity index (χ2v) is 6.43. The maximum Gasteiger partial charge on any atom is 0.433 e. The lowest BCUT2D eigenvalue weighted by Crippen LogP contribution is -2.34. The van der Waals surface area contributed by atoms with Gasteiger partial charge in [0.15, 0.2) is 5.69 Å². The van der Waals surface area contributed by atoms with Crippen LogP contribution in [-0.4, -0.2) is 36.5 Å². The molecule has 0 unspecified atom stereocenters. The highest BCUT2D eigenvalue weighted by molar-refractivity contribution is 5.96. The molecular weight excluding hydrogens is 359 g/mol. The number of nitrogens with zero attached hydrogens (tertiary/aromatic N) is 4. The Kier molecular flexibility index (Phi) is 4.95. The summed E-state index contributed by atoms with van der Waals surface area (Å²) in [6.45, 7) is 2.47. The van der Waals surface area contributed by atoms with Gasteiger partial charge < -0.3 is 15.1 Å². The maximum absolute atomic E-state index is 13.1. The van der Waals surface area contributed by atoms with Crippen molar-refractivity contribution in [3.8, 4) is 0 Å². The molecule has 1 aromatic carbocycles. The van der Waals surface area contributed by atoms with Crippen molar-refractivity contribution in [1.82, 2.24) is 9.97 Å². The number of hydrogen-bond donors (Lipinski definition) is 1. The molecule has 3 rings (SSSR count). The van der Waals surface area contributed by atoms with Crippen LogP contribution in [0.2, 0.25) is 0 Å². The Morgan fingerprint density at radius 3 is 2.56 bits per heavy atom. The second kappa shape index (κ2) is 7.05. The van der Waals surface area contributed by atoms with Crippen molar-refractivity contribution in [3.63, 3.8) is 0 Å². The number of carbonyl (C=O) groups excluding carboxylic acids is 1. The van der Waals surface area contributed by atoms with Crippen LogP contribution < -0.4 is 15.1 Å². The lowest BCUT2D eigenvalue weighted by molar-refractivity contribution is -0.141. The Morgan fingerprint density at radius 2 is 1.93 bits per heavy atom. The molecule has 1 aliphatic heterocycles. The van der Waals surface area contributed by atoms with Gasteiger partial charge in [-0.1, -0.05) is 0 Å². The molecule has 144 valence electrons. The SMILES string of the molecule is CCN1C(=O)CCc2cc(Nc3nc(N(C)C)cc(C(F)(F)F)n3)ccc21. The number of aryl methyl sites for hydroxylation is 1. The topological polar surface area (TPSA) is 61.4 Å². The molecule has 0 saturated heterocycles. The number of anilines is 4. The molecule has 0 saturated carbocycles. The Hall–Kier alpha value is -2.84. The van der Waals surface area contributed by atoms with Crippen molar-refractivity contribution in [1.29, 1.82) is 0 Å². The summed E-state index contributed by atoms with van der Waals surface area (Å²) in [5.41, 5.74) is 1.35. The molecule has 0 aliphatic carbocycles. The van der Waals surface area contributed by atoms with Crippen LogP contribution in [0, 0.1) is 0 Å². The molecule has 27 heavy (non-hydrogen) atoms. The summed E-state index contributed by atoms with van der Waals surface area (Å²) in [5.74, 6) is 0.0933. The Bertz CT molecular complexity index is 867. The number of amides is 1. The van der Waals surface area contributed by atoms with Crippen LogP contribution in [0.3, 0.4) is 0 Å². The first kappa shape index (κ1) is 18.9. The van der Waals surface area contributed by atoms with Crippen molar-refractivity contribution >= 4 is 29.0 Å². The third kappa shape index (κ3) is 3.96. The number of alkyl halides is 3. The van der Waals surface area contributed by atoms with Gasteiger partial charge in [0.05, 0.1) is 0 Å². The second-order valence-electron chi connectivity index (χ2n) is 6.43. The van der Waals surface area contributed by atoms with Crippen molar-refractivity contribution in [3.05, 3.63) is 35.5 Å². The van der Waals surface area contributed by atoms with Crippen molar-refractivity contribution in [2.75, 3.05) is 35.8 Å². The van der Waals surface area contributed by atoms with E-state index in [1.165, 1.54) is 4.90 Å². The molecule has 0 bridgehead atoms. The summed E-state index contributed by atoms with van der Waals surface area (Å²) >= 11 is 0. The van der Waals surface area contributed by atoms with Gasteiger partial charge in [-0.15, -0.1) is 0 Å². The van der Waals surface area contributed by atoms with Crippen LogP contribution in [0.4, 0.5) is 36.3 Å². The number of hydrogen-bond acceptors (Lipinski definition) is 5. The number of nitrogens with one attached hydrogen (secondary N) is 1. The fraction of sp³-hybridized carbons (Fsp3) is 0.389. The molecule has 1 amide bonds. The predicted octanol–water partition coefficient (Wildman–Crippen LogP) is 3.60. The van der Waals surface area contributed by atoms with Crippen LogP contribution in [0.15, 0.2) is 24.3 Å². The fourth-order valence-corrected chi connectivity index (χ4v) is 2.98. The van der Waals surface area contributed by atoms with Gasteiger partial charge >= 0.3 is 6.18 Å². The smallest absolute Gasteiger partial charge is 0.363 e. The van der Waals surface area contributed by atoms with E-state index >= 15 is 0 Å². The molecule has 1 N–H and O–H groups in total. The first-order valence-electron chi connectivity index (χ1n) is 8.53. The Labute approximate surface area is 155 Å². The summed E-state index contributed by atoms with van der Waals surface area (Å²) in [6.07, 6.45) is -3.57. The average Bonchev–Trinajstić information content (AvgIpc) is 2.60. The van der Waals surface area contributed by atoms with Gasteiger partial charge in [0.25, 0.3) is 0 Å². The van der Waals surface area contributed by atoms with Gasteiger partial charge in [-0.3, -0.25) is 4.79 Å². The van der Waals surface area contributed by atoms with E-state index in [-0.39, 0.29) is 17.7 Å². The van der Waals surface area contributed by atoms with Gasteiger partial charge in [0.1, 0.15) is 5.82 Å². The molecule has 1 aromatic heterocycles. The van der Waals surface area contributed by atoms with Gasteiger partial charge in [0, 0.05) is 44.5 Å². The van der Waals surface area contributed by atoms with Crippen molar-refractivity contribution in [2.45, 2.75) is 25.9 Å². The Balaban J connectivity index is 1.94. The minimum absolute atomic E-state index is 0.0718. The zero-order valence-electron chi connectivity index (χ0n) is 15.3. The summed E-state index contributed by atoms with van der Waals surface area (Å²) < 4.78 is 39.4.